The van der Waals surface area contributed by atoms with Crippen molar-refractivity contribution in [3.63, 3.8) is 0 Å². The molecular formula is C25H42NO6S-. The summed E-state index contributed by atoms with van der Waals surface area (Å²) in [5.74, 6) is 0.0424. The lowest BCUT2D eigenvalue weighted by atomic mass is 9.99. The van der Waals surface area contributed by atoms with E-state index < -0.39 is 21.9 Å². The summed E-state index contributed by atoms with van der Waals surface area (Å²) >= 11 is 0. The average Bonchev–Trinajstić information content (AvgIpc) is 2.72. The van der Waals surface area contributed by atoms with Crippen LogP contribution in [-0.2, 0) is 14.9 Å². The molecule has 0 aromatic heterocycles. The van der Waals surface area contributed by atoms with Crippen molar-refractivity contribution in [1.29, 1.82) is 0 Å². The number of rotatable bonds is 18. The Hall–Kier alpha value is -1.80. The monoisotopic (exact) mass is 484 g/mol. The first kappa shape index (κ1) is 29.2. The fourth-order valence-corrected chi connectivity index (χ4v) is 4.09. The van der Waals surface area contributed by atoms with Gasteiger partial charge in [0.1, 0.15) is 11.4 Å². The molecule has 1 aromatic carbocycles. The molecule has 8 heteroatoms. The second kappa shape index (κ2) is 15.9. The largest absolute Gasteiger partial charge is 0.748 e. The van der Waals surface area contributed by atoms with Gasteiger partial charge in [0.25, 0.3) is 0 Å². The number of carbonyl (C=O) groups excluding carboxylic acids is 1. The fraction of sp³-hybridized carbons (Fsp3) is 0.720. The van der Waals surface area contributed by atoms with Crippen LogP contribution >= 0.6 is 0 Å². The molecule has 1 rings (SSSR count). The Morgan fingerprint density at radius 3 is 2.06 bits per heavy atom. The van der Waals surface area contributed by atoms with Crippen LogP contribution in [0.3, 0.4) is 0 Å². The second-order valence-electron chi connectivity index (χ2n) is 9.21. The summed E-state index contributed by atoms with van der Waals surface area (Å²) in [6, 6.07) is 6.86. The Morgan fingerprint density at radius 1 is 0.909 bits per heavy atom. The van der Waals surface area contributed by atoms with Crippen molar-refractivity contribution in [2.24, 2.45) is 0 Å². The predicted molar refractivity (Wildman–Crippen MR) is 132 cm³/mol. The third-order valence-corrected chi connectivity index (χ3v) is 6.24. The maximum Gasteiger partial charge on any atom is 0.514 e. The average molecular weight is 485 g/mol. The highest BCUT2D eigenvalue weighted by Crippen LogP contribution is 2.22. The molecule has 0 radical (unpaired) electrons. The van der Waals surface area contributed by atoms with Gasteiger partial charge in [-0.1, -0.05) is 58.3 Å². The molecule has 0 aliphatic heterocycles. The summed E-state index contributed by atoms with van der Waals surface area (Å²) in [5, 5.41) is 3.13. The Bertz CT molecular complexity index is 762. The molecule has 1 N–H and O–H groups in total. The molecule has 0 amide bonds. The van der Waals surface area contributed by atoms with Crippen molar-refractivity contribution in [2.45, 2.75) is 103 Å². The lowest BCUT2D eigenvalue weighted by molar-refractivity contribution is 0.00275. The number of unbranched alkanes of at least 4 members (excludes halogenated alkanes) is 9. The Morgan fingerprint density at radius 2 is 1.48 bits per heavy atom. The van der Waals surface area contributed by atoms with Crippen LogP contribution in [0.4, 0.5) is 10.5 Å². The molecular weight excluding hydrogens is 442 g/mol. The highest BCUT2D eigenvalue weighted by atomic mass is 32.2. The third kappa shape index (κ3) is 16.5. The minimum absolute atomic E-state index is 0.320. The molecule has 0 aliphatic rings. The SMILES string of the molecule is CCCCCCCCCCCC(C)(C)OC(=O)Oc1ccc(NCCCCS(=O)(=O)[O-])cc1. The van der Waals surface area contributed by atoms with E-state index in [4.69, 9.17) is 9.47 Å². The number of benzene rings is 1. The number of hydrogen-bond acceptors (Lipinski definition) is 7. The van der Waals surface area contributed by atoms with Crippen molar-refractivity contribution in [3.05, 3.63) is 24.3 Å². The normalized spacial score (nSPS) is 11.9. The van der Waals surface area contributed by atoms with Gasteiger partial charge in [0.05, 0.1) is 10.1 Å². The van der Waals surface area contributed by atoms with E-state index in [0.717, 1.165) is 24.9 Å². The number of ether oxygens (including phenoxy) is 2. The Balaban J connectivity index is 2.21. The van der Waals surface area contributed by atoms with Crippen LogP contribution in [0, 0.1) is 0 Å². The molecule has 0 fully saturated rings. The van der Waals surface area contributed by atoms with E-state index in [1.165, 1.54) is 44.9 Å². The Labute approximate surface area is 200 Å². The zero-order valence-electron chi connectivity index (χ0n) is 20.6. The zero-order chi connectivity index (χ0) is 24.6. The van der Waals surface area contributed by atoms with Gasteiger partial charge < -0.3 is 19.3 Å². The van der Waals surface area contributed by atoms with Crippen LogP contribution in [0.15, 0.2) is 24.3 Å². The smallest absolute Gasteiger partial charge is 0.514 e. The van der Waals surface area contributed by atoms with Crippen LogP contribution in [0.5, 0.6) is 5.75 Å². The summed E-state index contributed by atoms with van der Waals surface area (Å²) in [4.78, 5) is 12.2. The van der Waals surface area contributed by atoms with Gasteiger partial charge in [0.2, 0.25) is 0 Å². The molecule has 7 nitrogen and oxygen atoms in total. The number of anilines is 1. The minimum atomic E-state index is -4.15. The van der Waals surface area contributed by atoms with Gasteiger partial charge in [-0.15, -0.1) is 0 Å². The van der Waals surface area contributed by atoms with E-state index in [9.17, 15) is 17.8 Å². The zero-order valence-corrected chi connectivity index (χ0v) is 21.4. The van der Waals surface area contributed by atoms with Crippen LogP contribution in [0.2, 0.25) is 0 Å². The van der Waals surface area contributed by atoms with Gasteiger partial charge in [-0.25, -0.2) is 13.2 Å². The maximum atomic E-state index is 12.2. The molecule has 1 aromatic rings. The summed E-state index contributed by atoms with van der Waals surface area (Å²) in [5.41, 5.74) is 0.239. The van der Waals surface area contributed by atoms with E-state index in [1.54, 1.807) is 24.3 Å². The lowest BCUT2D eigenvalue weighted by Gasteiger charge is -2.24. The van der Waals surface area contributed by atoms with Crippen LogP contribution in [0.25, 0.3) is 0 Å². The van der Waals surface area contributed by atoms with Crippen molar-refractivity contribution < 1.29 is 27.2 Å². The van der Waals surface area contributed by atoms with E-state index in [1.807, 2.05) is 13.8 Å². The van der Waals surface area contributed by atoms with Crippen molar-refractivity contribution in [3.8, 4) is 5.75 Å². The van der Waals surface area contributed by atoms with Crippen LogP contribution in [0.1, 0.15) is 97.8 Å². The Kier molecular flexibility index (Phi) is 14.1. The predicted octanol–water partition coefficient (Wildman–Crippen LogP) is 6.64. The topological polar surface area (TPSA) is 105 Å². The molecule has 0 heterocycles. The van der Waals surface area contributed by atoms with Crippen molar-refractivity contribution in [2.75, 3.05) is 17.6 Å². The maximum absolute atomic E-state index is 12.2. The van der Waals surface area contributed by atoms with Crippen molar-refractivity contribution >= 4 is 22.0 Å². The summed E-state index contributed by atoms with van der Waals surface area (Å²) in [7, 11) is -4.15. The molecule has 0 aliphatic carbocycles. The van der Waals surface area contributed by atoms with Gasteiger partial charge in [-0.05, 0) is 63.8 Å². The molecule has 0 saturated carbocycles. The first-order valence-corrected chi connectivity index (χ1v) is 13.9. The highest BCUT2D eigenvalue weighted by Gasteiger charge is 2.23. The lowest BCUT2D eigenvalue weighted by Crippen LogP contribution is -2.29. The standard InChI is InChI=1S/C25H43NO6S/c1-4-5-6-7-8-9-10-11-12-19-25(2,3)32-24(27)31-23-17-15-22(16-18-23)26-20-13-14-21-33(28,29)30/h15-18,26H,4-14,19-21H2,1-3H3,(H,28,29,30)/p-1. The molecule has 190 valence electrons. The van der Waals surface area contributed by atoms with E-state index in [2.05, 4.69) is 12.2 Å². The quantitative estimate of drug-likeness (QED) is 0.108. The molecule has 0 spiro atoms. The summed E-state index contributed by atoms with van der Waals surface area (Å²) in [6.07, 6.45) is 12.3. The van der Waals surface area contributed by atoms with E-state index in [0.29, 0.717) is 25.1 Å². The third-order valence-electron chi connectivity index (χ3n) is 5.45. The minimum Gasteiger partial charge on any atom is -0.748 e. The summed E-state index contributed by atoms with van der Waals surface area (Å²) < 4.78 is 42.5. The number of nitrogens with one attached hydrogen (secondary N) is 1. The molecule has 0 unspecified atom stereocenters. The highest BCUT2D eigenvalue weighted by molar-refractivity contribution is 7.85. The molecule has 33 heavy (non-hydrogen) atoms. The van der Waals surface area contributed by atoms with Crippen LogP contribution in [-0.4, -0.2) is 37.0 Å². The number of hydrogen-bond donors (Lipinski definition) is 1. The van der Waals surface area contributed by atoms with Gasteiger partial charge in [-0.2, -0.15) is 0 Å². The first-order valence-electron chi connectivity index (χ1n) is 12.3. The van der Waals surface area contributed by atoms with E-state index >= 15 is 0 Å². The number of carbonyl (C=O) groups is 1. The molecule has 0 atom stereocenters. The van der Waals surface area contributed by atoms with Crippen LogP contribution < -0.4 is 10.1 Å². The van der Waals surface area contributed by atoms with E-state index in [-0.39, 0.29) is 5.75 Å². The first-order chi connectivity index (χ1) is 15.6. The van der Waals surface area contributed by atoms with Gasteiger partial charge in [0.15, 0.2) is 0 Å². The second-order valence-corrected chi connectivity index (χ2v) is 10.7. The molecule has 0 bridgehead atoms. The molecule has 0 saturated heterocycles. The van der Waals surface area contributed by atoms with Gasteiger partial charge in [-0.3, -0.25) is 0 Å². The summed E-state index contributed by atoms with van der Waals surface area (Å²) in [6.45, 7) is 6.59. The van der Waals surface area contributed by atoms with Gasteiger partial charge >= 0.3 is 6.16 Å². The van der Waals surface area contributed by atoms with Gasteiger partial charge in [0, 0.05) is 18.0 Å². The fourth-order valence-electron chi connectivity index (χ4n) is 3.53. The van der Waals surface area contributed by atoms with Crippen molar-refractivity contribution in [1.82, 2.24) is 0 Å².